The molecule has 0 radical (unpaired) electrons. The number of ether oxygens (including phenoxy) is 1. The maximum absolute atomic E-state index is 14.3. The molecule has 0 heterocycles. The van der Waals surface area contributed by atoms with Gasteiger partial charge < -0.3 is 30.5 Å². The van der Waals surface area contributed by atoms with E-state index in [1.54, 1.807) is 0 Å². The molecular weight excluding hydrogens is 771 g/mol. The van der Waals surface area contributed by atoms with Crippen molar-refractivity contribution in [3.8, 4) is 5.75 Å². The number of Topliss-reactive ketones (excluding diaryl/α,β-unsaturated/α-hetero) is 5. The van der Waals surface area contributed by atoms with E-state index in [-0.39, 0.29) is 46.9 Å². The first-order chi connectivity index (χ1) is 28.2. The molecule has 14 unspecified atom stereocenters. The molecule has 1 amide bonds. The molecule has 6 N–H and O–H groups in total. The minimum atomic E-state index is -2.88. The highest BCUT2D eigenvalue weighted by atomic mass is 16.5. The van der Waals surface area contributed by atoms with Gasteiger partial charge in [-0.1, -0.05) is 37.6 Å². The second-order valence-electron chi connectivity index (χ2n) is 20.0. The van der Waals surface area contributed by atoms with E-state index < -0.39 is 81.3 Å². The standard InChI is InChI=1S/C46H61N3O11/c1-23(50)45(58)17-14-28-26-11-10-24-20-25(12-15-42(24,2)27(26)13-16-43(28,45)3)60-19-18-47-22-48-41(56)35-38(53)36(49(5)6)31-21-30-34(39(54)46(31,59)40(35)55)37(52)33-29(44(30,4)57)8-7-9-32(33)51/h7-9,20,25-28,30-31,34-36,47,51,57-59H,10-19,21-22H2,1-6H3,(H,48,56). The molecular formula is C46H61N3O11. The second kappa shape index (κ2) is 14.7. The number of aromatic hydroxyl groups is 1. The lowest BCUT2D eigenvalue weighted by Crippen LogP contribution is -2.75. The van der Waals surface area contributed by atoms with Crippen LogP contribution in [-0.2, 0) is 34.3 Å². The predicted molar refractivity (Wildman–Crippen MR) is 216 cm³/mol. The topological polar surface area (TPSA) is 220 Å². The molecule has 7 aliphatic rings. The van der Waals surface area contributed by atoms with Gasteiger partial charge in [-0.25, -0.2) is 0 Å². The molecule has 5 fully saturated rings. The van der Waals surface area contributed by atoms with Crippen molar-refractivity contribution in [2.75, 3.05) is 33.9 Å². The van der Waals surface area contributed by atoms with E-state index in [4.69, 9.17) is 4.74 Å². The van der Waals surface area contributed by atoms with Crippen molar-refractivity contribution in [3.05, 3.63) is 41.0 Å². The molecule has 14 nitrogen and oxygen atoms in total. The van der Waals surface area contributed by atoms with Gasteiger partial charge in [0.05, 0.1) is 42.5 Å². The van der Waals surface area contributed by atoms with Crippen LogP contribution in [0, 0.1) is 52.3 Å². The van der Waals surface area contributed by atoms with Crippen LogP contribution in [0.1, 0.15) is 101 Å². The Morgan fingerprint density at radius 3 is 2.32 bits per heavy atom. The molecule has 5 saturated carbocycles. The third-order valence-electron chi connectivity index (χ3n) is 17.2. The summed E-state index contributed by atoms with van der Waals surface area (Å²) in [6.07, 6.45) is 9.13. The minimum absolute atomic E-state index is 0.0556. The zero-order valence-corrected chi connectivity index (χ0v) is 35.6. The average molecular weight is 832 g/mol. The van der Waals surface area contributed by atoms with Crippen LogP contribution in [-0.4, -0.2) is 117 Å². The fourth-order valence-corrected chi connectivity index (χ4v) is 13.9. The quantitative estimate of drug-likeness (QED) is 0.0913. The number of amides is 1. The van der Waals surface area contributed by atoms with Crippen LogP contribution in [0.25, 0.3) is 0 Å². The third kappa shape index (κ3) is 5.94. The molecule has 8 rings (SSSR count). The molecule has 0 saturated heterocycles. The Labute approximate surface area is 350 Å². The van der Waals surface area contributed by atoms with E-state index in [1.807, 2.05) is 0 Å². The number of likely N-dealkylation sites (N-methyl/N-ethyl adjacent to an activating group) is 1. The maximum atomic E-state index is 14.3. The van der Waals surface area contributed by atoms with Crippen LogP contribution in [0.15, 0.2) is 29.8 Å². The fourth-order valence-electron chi connectivity index (χ4n) is 13.9. The molecule has 0 bridgehead atoms. The van der Waals surface area contributed by atoms with Gasteiger partial charge in [-0.15, -0.1) is 0 Å². The molecule has 0 aromatic heterocycles. The highest BCUT2D eigenvalue weighted by molar-refractivity contribution is 6.32. The first kappa shape index (κ1) is 43.0. The highest BCUT2D eigenvalue weighted by Gasteiger charge is 2.72. The largest absolute Gasteiger partial charge is 0.507 e. The van der Waals surface area contributed by atoms with E-state index >= 15 is 0 Å². The van der Waals surface area contributed by atoms with Crippen molar-refractivity contribution < 1.29 is 53.9 Å². The van der Waals surface area contributed by atoms with E-state index in [0.717, 1.165) is 44.9 Å². The van der Waals surface area contributed by atoms with Crippen LogP contribution in [0.5, 0.6) is 5.75 Å². The number of ketones is 5. The van der Waals surface area contributed by atoms with Gasteiger partial charge in [-0.3, -0.25) is 39.0 Å². The Bertz CT molecular complexity index is 2060. The summed E-state index contributed by atoms with van der Waals surface area (Å²) < 4.78 is 6.26. The summed E-state index contributed by atoms with van der Waals surface area (Å²) in [4.78, 5) is 83.9. The van der Waals surface area contributed by atoms with Crippen molar-refractivity contribution in [1.29, 1.82) is 0 Å². The number of aliphatic hydroxyl groups is 3. The second-order valence-corrected chi connectivity index (χ2v) is 20.0. The fraction of sp³-hybridized carbons (Fsp3) is 0.696. The predicted octanol–water partition coefficient (Wildman–Crippen LogP) is 2.38. The summed E-state index contributed by atoms with van der Waals surface area (Å²) in [6, 6.07) is 2.93. The number of phenols is 1. The Balaban J connectivity index is 0.878. The lowest BCUT2D eigenvalue weighted by Gasteiger charge is -2.59. The molecule has 1 aromatic rings. The number of benzene rings is 1. The van der Waals surface area contributed by atoms with Crippen LogP contribution in [0.4, 0.5) is 0 Å². The zero-order chi connectivity index (χ0) is 43.5. The number of phenolic OH excluding ortho intramolecular Hbond substituents is 1. The number of carbonyl (C=O) groups is 6. The summed E-state index contributed by atoms with van der Waals surface area (Å²) in [5.41, 5.74) is -4.96. The first-order valence-electron chi connectivity index (χ1n) is 21.8. The average Bonchev–Trinajstić information content (AvgIpc) is 3.47. The van der Waals surface area contributed by atoms with Gasteiger partial charge in [-0.2, -0.15) is 0 Å². The van der Waals surface area contributed by atoms with Gasteiger partial charge in [0.2, 0.25) is 5.91 Å². The molecule has 0 spiro atoms. The Kier molecular flexibility index (Phi) is 10.6. The lowest BCUT2D eigenvalue weighted by molar-refractivity contribution is -0.188. The first-order valence-corrected chi connectivity index (χ1v) is 21.8. The summed E-state index contributed by atoms with van der Waals surface area (Å²) in [5.74, 6) is -10.5. The van der Waals surface area contributed by atoms with E-state index in [0.29, 0.717) is 37.3 Å². The Morgan fingerprint density at radius 1 is 0.900 bits per heavy atom. The molecule has 60 heavy (non-hydrogen) atoms. The summed E-state index contributed by atoms with van der Waals surface area (Å²) >= 11 is 0. The molecule has 0 aliphatic heterocycles. The number of nitrogens with zero attached hydrogens (tertiary/aromatic N) is 1. The summed E-state index contributed by atoms with van der Waals surface area (Å²) in [5, 5.41) is 51.6. The van der Waals surface area contributed by atoms with Gasteiger partial charge in [0.15, 0.2) is 40.4 Å². The third-order valence-corrected chi connectivity index (χ3v) is 17.2. The van der Waals surface area contributed by atoms with Crippen molar-refractivity contribution in [2.45, 2.75) is 114 Å². The molecule has 1 aromatic carbocycles. The number of fused-ring (bicyclic) bond motifs is 8. The van der Waals surface area contributed by atoms with Crippen LogP contribution >= 0.6 is 0 Å². The molecule has 14 heteroatoms. The summed E-state index contributed by atoms with van der Waals surface area (Å²) in [7, 11) is 3.07. The van der Waals surface area contributed by atoms with Crippen LogP contribution < -0.4 is 10.6 Å². The SMILES string of the molecule is CC(=O)C1(O)CCC2C3CCC4=CC(OCCNCNC(=O)C5C(=O)C(N(C)C)C6CC7C(C(=O)c8c(O)cccc8C7(C)O)C(=O)C6(O)C5=O)CCC4(C)C3CCC21C. The monoisotopic (exact) mass is 831 g/mol. The van der Waals surface area contributed by atoms with Gasteiger partial charge >= 0.3 is 0 Å². The van der Waals surface area contributed by atoms with Crippen LogP contribution in [0.3, 0.4) is 0 Å². The lowest BCUT2D eigenvalue weighted by atomic mass is 9.46. The summed E-state index contributed by atoms with van der Waals surface area (Å²) in [6.45, 7) is 8.02. The molecule has 7 aliphatic carbocycles. The molecule has 14 atom stereocenters. The van der Waals surface area contributed by atoms with E-state index in [2.05, 4.69) is 30.6 Å². The van der Waals surface area contributed by atoms with Gasteiger partial charge in [0, 0.05) is 23.8 Å². The number of nitrogens with one attached hydrogen (secondary N) is 2. The zero-order valence-electron chi connectivity index (χ0n) is 35.6. The Hall–Kier alpha value is -3.66. The number of rotatable bonds is 9. The van der Waals surface area contributed by atoms with Crippen molar-refractivity contribution in [3.63, 3.8) is 0 Å². The number of hydrogen-bond acceptors (Lipinski definition) is 13. The highest BCUT2D eigenvalue weighted by Crippen LogP contribution is 2.68. The van der Waals surface area contributed by atoms with Gasteiger partial charge in [-0.05, 0) is 121 Å². The van der Waals surface area contributed by atoms with Gasteiger partial charge in [0.1, 0.15) is 11.4 Å². The number of allylic oxidation sites excluding steroid dienone is 1. The normalized spacial score (nSPS) is 43.2. The van der Waals surface area contributed by atoms with E-state index in [1.165, 1.54) is 56.6 Å². The number of carbonyl (C=O) groups excluding carboxylic acids is 6. The Morgan fingerprint density at radius 2 is 1.62 bits per heavy atom. The van der Waals surface area contributed by atoms with Crippen molar-refractivity contribution in [2.24, 2.45) is 52.3 Å². The van der Waals surface area contributed by atoms with E-state index in [9.17, 15) is 49.2 Å². The molecule has 326 valence electrons. The minimum Gasteiger partial charge on any atom is -0.507 e. The smallest absolute Gasteiger partial charge is 0.239 e. The van der Waals surface area contributed by atoms with Crippen molar-refractivity contribution >= 4 is 34.8 Å². The maximum Gasteiger partial charge on any atom is 0.239 e. The number of hydrogen-bond donors (Lipinski definition) is 6. The van der Waals surface area contributed by atoms with Crippen LogP contribution in [0.2, 0.25) is 0 Å². The van der Waals surface area contributed by atoms with Gasteiger partial charge in [0.25, 0.3) is 0 Å². The van der Waals surface area contributed by atoms with Crippen molar-refractivity contribution in [1.82, 2.24) is 15.5 Å².